The summed E-state index contributed by atoms with van der Waals surface area (Å²) in [6.07, 6.45) is 0. The molecule has 10 aromatic rings. The fourth-order valence-electron chi connectivity index (χ4n) is 7.34. The van der Waals surface area contributed by atoms with E-state index in [-0.39, 0.29) is 0 Å². The Hall–Kier alpha value is -7.03. The summed E-state index contributed by atoms with van der Waals surface area (Å²) in [7, 11) is 0. The van der Waals surface area contributed by atoms with E-state index < -0.39 is 0 Å². The lowest BCUT2D eigenvalue weighted by molar-refractivity contribution is 0.673. The van der Waals surface area contributed by atoms with Gasteiger partial charge in [-0.15, -0.1) is 0 Å². The molecule has 50 heavy (non-hydrogen) atoms. The lowest BCUT2D eigenvalue weighted by atomic mass is 9.97. The number of furan rings is 1. The van der Waals surface area contributed by atoms with E-state index in [2.05, 4.69) is 89.5 Å². The number of benzene rings is 7. The van der Waals surface area contributed by atoms with Gasteiger partial charge in [0.15, 0.2) is 5.82 Å². The first-order chi connectivity index (χ1) is 24.7. The van der Waals surface area contributed by atoms with Crippen molar-refractivity contribution in [2.45, 2.75) is 0 Å². The van der Waals surface area contributed by atoms with Crippen molar-refractivity contribution in [2.24, 2.45) is 0 Å². The van der Waals surface area contributed by atoms with Gasteiger partial charge in [0.1, 0.15) is 11.2 Å². The third-order valence-electron chi connectivity index (χ3n) is 9.59. The number of nitrogens with zero attached hydrogens (tertiary/aromatic N) is 4. The van der Waals surface area contributed by atoms with Crippen molar-refractivity contribution in [3.63, 3.8) is 0 Å². The van der Waals surface area contributed by atoms with Gasteiger partial charge in [0.2, 0.25) is 0 Å². The van der Waals surface area contributed by atoms with Crippen LogP contribution in [0, 0.1) is 11.3 Å². The maximum absolute atomic E-state index is 9.80. The van der Waals surface area contributed by atoms with Crippen LogP contribution in [0.3, 0.4) is 0 Å². The van der Waals surface area contributed by atoms with Gasteiger partial charge >= 0.3 is 0 Å². The molecule has 0 aliphatic heterocycles. The van der Waals surface area contributed by atoms with Gasteiger partial charge in [-0.2, -0.15) is 5.26 Å². The average Bonchev–Trinajstić information content (AvgIpc) is 3.73. The first-order valence-electron chi connectivity index (χ1n) is 16.6. The number of aromatic nitrogens is 3. The molecule has 0 saturated carbocycles. The van der Waals surface area contributed by atoms with Gasteiger partial charge in [-0.25, -0.2) is 9.97 Å². The number of para-hydroxylation sites is 3. The van der Waals surface area contributed by atoms with Gasteiger partial charge in [0.25, 0.3) is 0 Å². The zero-order chi connectivity index (χ0) is 33.2. The van der Waals surface area contributed by atoms with Gasteiger partial charge in [-0.05, 0) is 71.8 Å². The molecular weight excluding hydrogens is 613 g/mol. The summed E-state index contributed by atoms with van der Waals surface area (Å²) in [5.41, 5.74) is 11.0. The van der Waals surface area contributed by atoms with Crippen LogP contribution in [0.15, 0.2) is 162 Å². The molecule has 0 fully saturated rings. The summed E-state index contributed by atoms with van der Waals surface area (Å²) in [6.45, 7) is 0. The SMILES string of the molecule is N#Cc1cccc(-c2cc(-c3nc(-c4ccccc4)nc4ccccc34)cc(-n3c4ccccc4c4c5oc6ccccc6c5ccc43)c2)c1. The number of rotatable bonds is 4. The van der Waals surface area contributed by atoms with Crippen molar-refractivity contribution in [3.8, 4) is 45.5 Å². The molecule has 0 N–H and O–H groups in total. The van der Waals surface area contributed by atoms with Gasteiger partial charge < -0.3 is 8.98 Å². The van der Waals surface area contributed by atoms with Crippen LogP contribution in [-0.2, 0) is 0 Å². The fraction of sp³-hybridized carbons (Fsp3) is 0. The molecule has 0 atom stereocenters. The monoisotopic (exact) mass is 638 g/mol. The summed E-state index contributed by atoms with van der Waals surface area (Å²) in [5.74, 6) is 0.668. The topological polar surface area (TPSA) is 67.6 Å². The predicted octanol–water partition coefficient (Wildman–Crippen LogP) is 11.5. The summed E-state index contributed by atoms with van der Waals surface area (Å²) in [6, 6.07) is 56.1. The molecule has 0 amide bonds. The minimum Gasteiger partial charge on any atom is -0.455 e. The molecule has 0 unspecified atom stereocenters. The molecule has 10 rings (SSSR count). The van der Waals surface area contributed by atoms with Crippen LogP contribution in [0.5, 0.6) is 0 Å². The molecule has 5 nitrogen and oxygen atoms in total. The van der Waals surface area contributed by atoms with E-state index in [4.69, 9.17) is 14.4 Å². The minimum atomic E-state index is 0.609. The normalized spacial score (nSPS) is 11.6. The average molecular weight is 639 g/mol. The van der Waals surface area contributed by atoms with Crippen LogP contribution in [0.1, 0.15) is 5.56 Å². The highest BCUT2D eigenvalue weighted by molar-refractivity contribution is 6.23. The van der Waals surface area contributed by atoms with Crippen molar-refractivity contribution < 1.29 is 4.42 Å². The predicted molar refractivity (Wildman–Crippen MR) is 202 cm³/mol. The summed E-state index contributed by atoms with van der Waals surface area (Å²) in [5, 5.41) is 15.2. The highest BCUT2D eigenvalue weighted by atomic mass is 16.3. The Morgan fingerprint density at radius 1 is 0.520 bits per heavy atom. The quantitative estimate of drug-likeness (QED) is 0.192. The summed E-state index contributed by atoms with van der Waals surface area (Å²) < 4.78 is 8.90. The van der Waals surface area contributed by atoms with E-state index >= 15 is 0 Å². The molecule has 0 radical (unpaired) electrons. The second-order valence-electron chi connectivity index (χ2n) is 12.5. The van der Waals surface area contributed by atoms with Crippen LogP contribution >= 0.6 is 0 Å². The number of hydrogen-bond acceptors (Lipinski definition) is 4. The van der Waals surface area contributed by atoms with E-state index in [9.17, 15) is 5.26 Å². The Morgan fingerprint density at radius 2 is 1.26 bits per heavy atom. The first-order valence-corrected chi connectivity index (χ1v) is 16.6. The van der Waals surface area contributed by atoms with Crippen LogP contribution < -0.4 is 0 Å². The molecule has 3 aromatic heterocycles. The summed E-state index contributed by atoms with van der Waals surface area (Å²) >= 11 is 0. The number of fused-ring (bicyclic) bond motifs is 8. The van der Waals surface area contributed by atoms with Crippen LogP contribution in [-0.4, -0.2) is 14.5 Å². The Balaban J connectivity index is 1.31. The highest BCUT2D eigenvalue weighted by Crippen LogP contribution is 2.42. The molecule has 0 saturated heterocycles. The van der Waals surface area contributed by atoms with Crippen molar-refractivity contribution in [1.29, 1.82) is 5.26 Å². The molecule has 7 aromatic carbocycles. The molecule has 0 spiro atoms. The standard InChI is InChI=1S/C45H26N4O/c46-27-28-11-10-14-30(23-28)31-24-32(43-36-16-4-7-18-38(36)47-45(48-43)29-12-2-1-3-13-29)26-33(25-31)49-39-19-8-5-17-37(39)42-40(49)22-21-35-34-15-6-9-20-41(34)50-44(35)42/h1-26H. The van der Waals surface area contributed by atoms with Crippen molar-refractivity contribution in [1.82, 2.24) is 14.5 Å². The molecule has 0 bridgehead atoms. The molecular formula is C45H26N4O. The van der Waals surface area contributed by atoms with Crippen LogP contribution in [0.25, 0.3) is 94.1 Å². The maximum Gasteiger partial charge on any atom is 0.160 e. The van der Waals surface area contributed by atoms with Gasteiger partial charge in [-0.1, -0.05) is 97.1 Å². The highest BCUT2D eigenvalue weighted by Gasteiger charge is 2.20. The molecule has 232 valence electrons. The largest absolute Gasteiger partial charge is 0.455 e. The molecule has 0 aliphatic rings. The van der Waals surface area contributed by atoms with Crippen molar-refractivity contribution in [2.75, 3.05) is 0 Å². The third-order valence-corrected chi connectivity index (χ3v) is 9.59. The van der Waals surface area contributed by atoms with Crippen molar-refractivity contribution in [3.05, 3.63) is 163 Å². The zero-order valence-electron chi connectivity index (χ0n) is 26.7. The van der Waals surface area contributed by atoms with Crippen molar-refractivity contribution >= 4 is 54.6 Å². The first kappa shape index (κ1) is 28.0. The second-order valence-corrected chi connectivity index (χ2v) is 12.5. The van der Waals surface area contributed by atoms with E-state index in [1.807, 2.05) is 78.9 Å². The zero-order valence-corrected chi connectivity index (χ0v) is 26.7. The fourth-order valence-corrected chi connectivity index (χ4v) is 7.34. The van der Waals surface area contributed by atoms with E-state index in [1.54, 1.807) is 0 Å². The third kappa shape index (κ3) is 4.33. The molecule has 0 aliphatic carbocycles. The Kier molecular flexibility index (Phi) is 6.17. The molecule has 3 heterocycles. The van der Waals surface area contributed by atoms with Crippen LogP contribution in [0.4, 0.5) is 0 Å². The number of nitriles is 1. The van der Waals surface area contributed by atoms with Crippen LogP contribution in [0.2, 0.25) is 0 Å². The molecule has 5 heteroatoms. The lowest BCUT2D eigenvalue weighted by Gasteiger charge is -2.15. The van der Waals surface area contributed by atoms with E-state index in [0.29, 0.717) is 11.4 Å². The summed E-state index contributed by atoms with van der Waals surface area (Å²) in [4.78, 5) is 10.2. The van der Waals surface area contributed by atoms with E-state index in [1.165, 1.54) is 0 Å². The van der Waals surface area contributed by atoms with Gasteiger partial charge in [-0.3, -0.25) is 0 Å². The maximum atomic E-state index is 9.80. The van der Waals surface area contributed by atoms with Gasteiger partial charge in [0.05, 0.1) is 39.3 Å². The Labute approximate surface area is 286 Å². The number of hydrogen-bond donors (Lipinski definition) is 0. The minimum absolute atomic E-state index is 0.609. The Bertz CT molecular complexity index is 3000. The lowest BCUT2D eigenvalue weighted by Crippen LogP contribution is -1.99. The Morgan fingerprint density at radius 3 is 2.14 bits per heavy atom. The van der Waals surface area contributed by atoms with Gasteiger partial charge in [0, 0.05) is 38.4 Å². The smallest absolute Gasteiger partial charge is 0.160 e. The van der Waals surface area contributed by atoms with E-state index in [0.717, 1.165) is 88.3 Å². The second kappa shape index (κ2) is 11.0.